The zero-order valence-corrected chi connectivity index (χ0v) is 12.2. The molecule has 2 aromatic carbocycles. The summed E-state index contributed by atoms with van der Waals surface area (Å²) in [6.07, 6.45) is 5.04. The molecular formula is C18H19N3. The smallest absolute Gasteiger partial charge is 0.0659 e. The summed E-state index contributed by atoms with van der Waals surface area (Å²) in [7, 11) is 0. The van der Waals surface area contributed by atoms with Gasteiger partial charge in [0.15, 0.2) is 0 Å². The fourth-order valence-corrected chi connectivity index (χ4v) is 2.34. The van der Waals surface area contributed by atoms with Crippen LogP contribution in [-0.2, 0) is 13.0 Å². The predicted molar refractivity (Wildman–Crippen MR) is 87.0 cm³/mol. The maximum absolute atomic E-state index is 5.71. The van der Waals surface area contributed by atoms with E-state index in [0.717, 1.165) is 29.8 Å². The van der Waals surface area contributed by atoms with E-state index < -0.39 is 0 Å². The molecule has 3 rings (SSSR count). The van der Waals surface area contributed by atoms with Crippen LogP contribution < -0.4 is 5.73 Å². The fourth-order valence-electron chi connectivity index (χ4n) is 2.34. The highest BCUT2D eigenvalue weighted by Crippen LogP contribution is 2.20. The monoisotopic (exact) mass is 277 g/mol. The molecule has 0 atom stereocenters. The minimum atomic E-state index is 0.780. The van der Waals surface area contributed by atoms with Gasteiger partial charge in [0.2, 0.25) is 0 Å². The lowest BCUT2D eigenvalue weighted by Gasteiger charge is -2.03. The second-order valence-electron chi connectivity index (χ2n) is 5.22. The molecule has 0 amide bonds. The fraction of sp³-hybridized carbons (Fsp3) is 0.167. The molecule has 106 valence electrons. The lowest BCUT2D eigenvalue weighted by molar-refractivity contribution is 0.687. The van der Waals surface area contributed by atoms with Crippen LogP contribution in [0.15, 0.2) is 60.9 Å². The van der Waals surface area contributed by atoms with Gasteiger partial charge in [0.25, 0.3) is 0 Å². The van der Waals surface area contributed by atoms with Gasteiger partial charge in [0.05, 0.1) is 12.7 Å². The largest absolute Gasteiger partial charge is 0.399 e. The van der Waals surface area contributed by atoms with E-state index in [2.05, 4.69) is 42.5 Å². The maximum atomic E-state index is 5.71. The van der Waals surface area contributed by atoms with Gasteiger partial charge in [-0.3, -0.25) is 4.68 Å². The van der Waals surface area contributed by atoms with Crippen molar-refractivity contribution < 1.29 is 0 Å². The highest BCUT2D eigenvalue weighted by atomic mass is 15.3. The molecule has 0 saturated carbocycles. The van der Waals surface area contributed by atoms with Crippen LogP contribution in [0.2, 0.25) is 0 Å². The number of nitrogens with zero attached hydrogens (tertiary/aromatic N) is 2. The van der Waals surface area contributed by atoms with E-state index in [1.54, 1.807) is 0 Å². The van der Waals surface area contributed by atoms with Crippen molar-refractivity contribution in [1.29, 1.82) is 0 Å². The van der Waals surface area contributed by atoms with E-state index in [1.807, 2.05) is 35.1 Å². The molecule has 3 nitrogen and oxygen atoms in total. The molecule has 0 aliphatic carbocycles. The number of rotatable bonds is 4. The third-order valence-corrected chi connectivity index (χ3v) is 3.65. The number of benzene rings is 2. The molecular weight excluding hydrogens is 258 g/mol. The standard InChI is InChI=1S/C18H19N3/c1-2-14-3-5-15(6-4-14)12-21-13-17(11-20-21)16-7-9-18(19)10-8-16/h3-11,13H,2,12,19H2,1H3. The van der Waals surface area contributed by atoms with Crippen molar-refractivity contribution in [2.45, 2.75) is 19.9 Å². The lowest BCUT2D eigenvalue weighted by atomic mass is 10.1. The molecule has 0 spiro atoms. The van der Waals surface area contributed by atoms with Gasteiger partial charge in [-0.25, -0.2) is 0 Å². The Morgan fingerprint density at radius 2 is 1.57 bits per heavy atom. The summed E-state index contributed by atoms with van der Waals surface area (Å²) >= 11 is 0. The number of hydrogen-bond donors (Lipinski definition) is 1. The summed E-state index contributed by atoms with van der Waals surface area (Å²) in [5.41, 5.74) is 11.4. The zero-order valence-electron chi connectivity index (χ0n) is 12.2. The quantitative estimate of drug-likeness (QED) is 0.738. The number of nitrogens with two attached hydrogens (primary N) is 1. The van der Waals surface area contributed by atoms with Crippen LogP contribution in [0.25, 0.3) is 11.1 Å². The first kappa shape index (κ1) is 13.4. The van der Waals surface area contributed by atoms with Gasteiger partial charge in [-0.1, -0.05) is 43.3 Å². The first-order chi connectivity index (χ1) is 10.2. The van der Waals surface area contributed by atoms with Crippen molar-refractivity contribution in [3.63, 3.8) is 0 Å². The summed E-state index contributed by atoms with van der Waals surface area (Å²) in [6.45, 7) is 2.96. The second-order valence-corrected chi connectivity index (χ2v) is 5.22. The topological polar surface area (TPSA) is 43.8 Å². The van der Waals surface area contributed by atoms with Gasteiger partial charge in [0, 0.05) is 17.4 Å². The molecule has 0 saturated heterocycles. The number of aryl methyl sites for hydroxylation is 1. The maximum Gasteiger partial charge on any atom is 0.0659 e. The first-order valence-electron chi connectivity index (χ1n) is 7.21. The first-order valence-corrected chi connectivity index (χ1v) is 7.21. The molecule has 0 bridgehead atoms. The van der Waals surface area contributed by atoms with Gasteiger partial charge in [-0.15, -0.1) is 0 Å². The number of anilines is 1. The summed E-state index contributed by atoms with van der Waals surface area (Å²) < 4.78 is 1.96. The Balaban J connectivity index is 1.76. The lowest BCUT2D eigenvalue weighted by Crippen LogP contribution is -1.99. The molecule has 21 heavy (non-hydrogen) atoms. The van der Waals surface area contributed by atoms with Crippen LogP contribution in [0, 0.1) is 0 Å². The summed E-state index contributed by atoms with van der Waals surface area (Å²) in [4.78, 5) is 0. The van der Waals surface area contributed by atoms with Crippen LogP contribution >= 0.6 is 0 Å². The van der Waals surface area contributed by atoms with Crippen LogP contribution in [0.5, 0.6) is 0 Å². The Morgan fingerprint density at radius 1 is 0.905 bits per heavy atom. The molecule has 0 radical (unpaired) electrons. The van der Waals surface area contributed by atoms with E-state index in [1.165, 1.54) is 11.1 Å². The van der Waals surface area contributed by atoms with Crippen LogP contribution in [0.3, 0.4) is 0 Å². The molecule has 1 aromatic heterocycles. The molecule has 2 N–H and O–H groups in total. The van der Waals surface area contributed by atoms with Gasteiger partial charge in [0.1, 0.15) is 0 Å². The molecule has 0 aliphatic rings. The second kappa shape index (κ2) is 5.83. The SMILES string of the molecule is CCc1ccc(Cn2cc(-c3ccc(N)cc3)cn2)cc1. The van der Waals surface area contributed by atoms with Crippen molar-refractivity contribution in [2.75, 3.05) is 5.73 Å². The average Bonchev–Trinajstić information content (AvgIpc) is 2.97. The van der Waals surface area contributed by atoms with Gasteiger partial charge in [-0.2, -0.15) is 5.10 Å². The molecule has 1 heterocycles. The highest BCUT2D eigenvalue weighted by molar-refractivity contribution is 5.63. The molecule has 0 fully saturated rings. The zero-order chi connectivity index (χ0) is 14.7. The van der Waals surface area contributed by atoms with E-state index in [-0.39, 0.29) is 0 Å². The van der Waals surface area contributed by atoms with E-state index >= 15 is 0 Å². The van der Waals surface area contributed by atoms with Crippen molar-refractivity contribution in [3.05, 3.63) is 72.1 Å². The van der Waals surface area contributed by atoms with Crippen molar-refractivity contribution >= 4 is 5.69 Å². The van der Waals surface area contributed by atoms with Crippen LogP contribution in [0.4, 0.5) is 5.69 Å². The van der Waals surface area contributed by atoms with Gasteiger partial charge >= 0.3 is 0 Å². The van der Waals surface area contributed by atoms with Crippen molar-refractivity contribution in [1.82, 2.24) is 9.78 Å². The van der Waals surface area contributed by atoms with Gasteiger partial charge < -0.3 is 5.73 Å². The van der Waals surface area contributed by atoms with Crippen LogP contribution in [-0.4, -0.2) is 9.78 Å². The Bertz CT molecular complexity index is 709. The predicted octanol–water partition coefficient (Wildman–Crippen LogP) is 3.74. The van der Waals surface area contributed by atoms with E-state index in [9.17, 15) is 0 Å². The van der Waals surface area contributed by atoms with Gasteiger partial charge in [-0.05, 0) is 35.2 Å². The Labute approximate surface area is 125 Å². The van der Waals surface area contributed by atoms with E-state index in [4.69, 9.17) is 5.73 Å². The summed E-state index contributed by atoms with van der Waals surface area (Å²) in [5.74, 6) is 0. The number of aromatic nitrogens is 2. The minimum absolute atomic E-state index is 0.780. The van der Waals surface area contributed by atoms with E-state index in [0.29, 0.717) is 0 Å². The summed E-state index contributed by atoms with van der Waals surface area (Å²) in [5, 5.41) is 4.44. The molecule has 0 aliphatic heterocycles. The third-order valence-electron chi connectivity index (χ3n) is 3.65. The minimum Gasteiger partial charge on any atom is -0.399 e. The molecule has 0 unspecified atom stereocenters. The van der Waals surface area contributed by atoms with Crippen molar-refractivity contribution in [3.8, 4) is 11.1 Å². The molecule has 3 aromatic rings. The Morgan fingerprint density at radius 3 is 2.24 bits per heavy atom. The van der Waals surface area contributed by atoms with Crippen molar-refractivity contribution in [2.24, 2.45) is 0 Å². The number of nitrogen functional groups attached to an aromatic ring is 1. The summed E-state index contributed by atoms with van der Waals surface area (Å²) in [6, 6.07) is 16.6. The average molecular weight is 277 g/mol. The normalized spacial score (nSPS) is 10.7. The number of hydrogen-bond acceptors (Lipinski definition) is 2. The Kier molecular flexibility index (Phi) is 3.73. The highest BCUT2D eigenvalue weighted by Gasteiger charge is 2.02. The van der Waals surface area contributed by atoms with Crippen LogP contribution in [0.1, 0.15) is 18.1 Å². The molecule has 3 heteroatoms. The Hall–Kier alpha value is -2.55. The third kappa shape index (κ3) is 3.14.